The van der Waals surface area contributed by atoms with Crippen molar-refractivity contribution >= 4 is 0 Å². The van der Waals surface area contributed by atoms with Gasteiger partial charge in [0.05, 0.1) is 12.2 Å². The molecule has 0 N–H and O–H groups in total. The Kier molecular flexibility index (Phi) is 2.67. The van der Waals surface area contributed by atoms with Gasteiger partial charge in [-0.3, -0.25) is 0 Å². The molecule has 1 unspecified atom stereocenters. The summed E-state index contributed by atoms with van der Waals surface area (Å²) in [7, 11) is 0. The zero-order valence-corrected chi connectivity index (χ0v) is 4.74. The highest BCUT2D eigenvalue weighted by atomic mass is 19.4. The van der Waals surface area contributed by atoms with Crippen molar-refractivity contribution in [3.05, 3.63) is 12.4 Å². The van der Waals surface area contributed by atoms with Gasteiger partial charge in [-0.05, 0) is 6.08 Å². The van der Waals surface area contributed by atoms with Gasteiger partial charge in [-0.1, -0.05) is 6.92 Å². The number of halogens is 4. The normalized spacial score (nSPS) is 16.6. The van der Waals surface area contributed by atoms with Gasteiger partial charge in [0.25, 0.3) is 0 Å². The van der Waals surface area contributed by atoms with Crippen LogP contribution in [-0.2, 0) is 0 Å². The molecule has 0 heterocycles. The number of alkyl halides is 3. The van der Waals surface area contributed by atoms with Crippen LogP contribution in [0.1, 0.15) is 6.92 Å². The van der Waals surface area contributed by atoms with Crippen LogP contribution in [0.25, 0.3) is 0 Å². The van der Waals surface area contributed by atoms with E-state index in [0.717, 1.165) is 6.92 Å². The third kappa shape index (κ3) is 3.11. The van der Waals surface area contributed by atoms with Crippen molar-refractivity contribution < 1.29 is 17.6 Å². The Balaban J connectivity index is 3.88. The Morgan fingerprint density at radius 1 is 1.33 bits per heavy atom. The lowest BCUT2D eigenvalue weighted by Gasteiger charge is -2.09. The number of hydrogen-bond acceptors (Lipinski definition) is 0. The van der Waals surface area contributed by atoms with Crippen molar-refractivity contribution in [1.29, 1.82) is 0 Å². The van der Waals surface area contributed by atoms with E-state index in [1.165, 1.54) is 0 Å². The molecule has 0 fully saturated rings. The summed E-state index contributed by atoms with van der Waals surface area (Å²) in [6.45, 7) is 0.885. The minimum absolute atomic E-state index is 0.0991. The van der Waals surface area contributed by atoms with Crippen molar-refractivity contribution in [2.45, 2.75) is 13.1 Å². The van der Waals surface area contributed by atoms with Gasteiger partial charge in [0.2, 0.25) is 0 Å². The first-order valence-electron chi connectivity index (χ1n) is 2.32. The summed E-state index contributed by atoms with van der Waals surface area (Å²) in [6.07, 6.45) is -3.96. The Morgan fingerprint density at radius 2 is 1.78 bits per heavy atom. The van der Waals surface area contributed by atoms with Gasteiger partial charge in [-0.2, -0.15) is 13.2 Å². The summed E-state index contributed by atoms with van der Waals surface area (Å²) in [5, 5.41) is 0. The fourth-order valence-electron chi connectivity index (χ4n) is 0.218. The predicted octanol–water partition coefficient (Wildman–Crippen LogP) is 2.67. The van der Waals surface area contributed by atoms with Gasteiger partial charge in [-0.25, -0.2) is 4.39 Å². The molecule has 0 spiro atoms. The SMILES string of the molecule is CC(C=CF)C(F)(F)F. The smallest absolute Gasteiger partial charge is 0.216 e. The first kappa shape index (κ1) is 8.46. The molecule has 0 bridgehead atoms. The summed E-state index contributed by atoms with van der Waals surface area (Å²) in [4.78, 5) is 0. The molecule has 0 rings (SSSR count). The molecule has 0 nitrogen and oxygen atoms in total. The highest BCUT2D eigenvalue weighted by molar-refractivity contribution is 4.83. The Morgan fingerprint density at radius 3 is 1.89 bits per heavy atom. The van der Waals surface area contributed by atoms with Crippen LogP contribution in [0.5, 0.6) is 0 Å². The van der Waals surface area contributed by atoms with Crippen LogP contribution < -0.4 is 0 Å². The highest BCUT2D eigenvalue weighted by Gasteiger charge is 2.33. The maximum Gasteiger partial charge on any atom is 0.394 e. The molecule has 1 atom stereocenters. The van der Waals surface area contributed by atoms with Crippen molar-refractivity contribution in [3.63, 3.8) is 0 Å². The average Bonchev–Trinajstić information content (AvgIpc) is 1.64. The minimum Gasteiger partial charge on any atom is -0.216 e. The third-order valence-corrected chi connectivity index (χ3v) is 0.878. The van der Waals surface area contributed by atoms with Gasteiger partial charge in [-0.15, -0.1) is 0 Å². The number of allylic oxidation sites excluding steroid dienone is 1. The second-order valence-electron chi connectivity index (χ2n) is 1.65. The molecular weight excluding hydrogens is 136 g/mol. The quantitative estimate of drug-likeness (QED) is 0.493. The first-order chi connectivity index (χ1) is 3.98. The predicted molar refractivity (Wildman–Crippen MR) is 25.5 cm³/mol. The van der Waals surface area contributed by atoms with E-state index in [-0.39, 0.29) is 6.33 Å². The van der Waals surface area contributed by atoms with Crippen molar-refractivity contribution in [3.8, 4) is 0 Å². The summed E-state index contributed by atoms with van der Waals surface area (Å²) < 4.78 is 45.3. The Labute approximate surface area is 50.2 Å². The molecule has 0 aliphatic carbocycles. The monoisotopic (exact) mass is 142 g/mol. The van der Waals surface area contributed by atoms with E-state index in [4.69, 9.17) is 0 Å². The summed E-state index contributed by atoms with van der Waals surface area (Å²) >= 11 is 0. The molecule has 0 saturated carbocycles. The second kappa shape index (κ2) is 2.85. The molecule has 0 aromatic carbocycles. The number of rotatable bonds is 1. The highest BCUT2D eigenvalue weighted by Crippen LogP contribution is 2.26. The van der Waals surface area contributed by atoms with Gasteiger partial charge in [0, 0.05) is 0 Å². The summed E-state index contributed by atoms with van der Waals surface area (Å²) in [6, 6.07) is 0. The summed E-state index contributed by atoms with van der Waals surface area (Å²) in [5.74, 6) is -1.69. The minimum atomic E-state index is -4.32. The molecular formula is C5H6F4. The Hall–Kier alpha value is -0.540. The van der Waals surface area contributed by atoms with Gasteiger partial charge < -0.3 is 0 Å². The molecule has 0 aliphatic heterocycles. The van der Waals surface area contributed by atoms with Crippen LogP contribution in [-0.4, -0.2) is 6.18 Å². The van der Waals surface area contributed by atoms with E-state index in [1.807, 2.05) is 0 Å². The zero-order valence-electron chi connectivity index (χ0n) is 4.74. The topological polar surface area (TPSA) is 0 Å². The maximum atomic E-state index is 11.4. The van der Waals surface area contributed by atoms with E-state index >= 15 is 0 Å². The maximum absolute atomic E-state index is 11.4. The molecule has 0 radical (unpaired) electrons. The van der Waals surface area contributed by atoms with E-state index in [1.54, 1.807) is 0 Å². The lowest BCUT2D eigenvalue weighted by atomic mass is 10.2. The van der Waals surface area contributed by atoms with Crippen molar-refractivity contribution in [2.75, 3.05) is 0 Å². The second-order valence-corrected chi connectivity index (χ2v) is 1.65. The molecule has 54 valence electrons. The largest absolute Gasteiger partial charge is 0.394 e. The lowest BCUT2D eigenvalue weighted by molar-refractivity contribution is -0.156. The van der Waals surface area contributed by atoms with Crippen LogP contribution in [0, 0.1) is 5.92 Å². The van der Waals surface area contributed by atoms with E-state index in [2.05, 4.69) is 0 Å². The van der Waals surface area contributed by atoms with Crippen LogP contribution in [0.2, 0.25) is 0 Å². The third-order valence-electron chi connectivity index (χ3n) is 0.878. The number of hydrogen-bond donors (Lipinski definition) is 0. The van der Waals surface area contributed by atoms with E-state index in [9.17, 15) is 17.6 Å². The lowest BCUT2D eigenvalue weighted by Crippen LogP contribution is -2.16. The molecule has 0 aromatic rings. The molecule has 4 heteroatoms. The van der Waals surface area contributed by atoms with Gasteiger partial charge >= 0.3 is 6.18 Å². The first-order valence-corrected chi connectivity index (χ1v) is 2.32. The molecule has 0 saturated heterocycles. The zero-order chi connectivity index (χ0) is 7.49. The fraction of sp³-hybridized carbons (Fsp3) is 0.600. The Bertz CT molecular complexity index is 102. The fourth-order valence-corrected chi connectivity index (χ4v) is 0.218. The van der Waals surface area contributed by atoms with Gasteiger partial charge in [0.15, 0.2) is 0 Å². The van der Waals surface area contributed by atoms with Crippen LogP contribution >= 0.6 is 0 Å². The van der Waals surface area contributed by atoms with E-state index in [0.29, 0.717) is 6.08 Å². The van der Waals surface area contributed by atoms with Crippen LogP contribution in [0.15, 0.2) is 12.4 Å². The average molecular weight is 142 g/mol. The van der Waals surface area contributed by atoms with Crippen molar-refractivity contribution in [2.24, 2.45) is 5.92 Å². The molecule has 0 amide bonds. The van der Waals surface area contributed by atoms with Crippen LogP contribution in [0.4, 0.5) is 17.6 Å². The molecule has 9 heavy (non-hydrogen) atoms. The molecule has 0 aliphatic rings. The standard InChI is InChI=1S/C5H6F4/c1-4(2-3-6)5(7,8)9/h2-4H,1H3. The van der Waals surface area contributed by atoms with Crippen LogP contribution in [0.3, 0.4) is 0 Å². The van der Waals surface area contributed by atoms with Gasteiger partial charge in [0.1, 0.15) is 0 Å². The van der Waals surface area contributed by atoms with Crippen molar-refractivity contribution in [1.82, 2.24) is 0 Å². The molecule has 0 aromatic heterocycles. The van der Waals surface area contributed by atoms with E-state index < -0.39 is 12.1 Å². The summed E-state index contributed by atoms with van der Waals surface area (Å²) in [5.41, 5.74) is 0.